The Bertz CT molecular complexity index is 205. The summed E-state index contributed by atoms with van der Waals surface area (Å²) in [6.45, 7) is 0. The number of fused-ring (bicyclic) bond motifs is 2. The van der Waals surface area contributed by atoms with E-state index in [4.69, 9.17) is 5.21 Å². The Morgan fingerprint density at radius 2 is 1.75 bits per heavy atom. The van der Waals surface area contributed by atoms with Crippen LogP contribution in [0.4, 0.5) is 0 Å². The Morgan fingerprint density at radius 3 is 2.17 bits per heavy atom. The van der Waals surface area contributed by atoms with Gasteiger partial charge in [0.2, 0.25) is 0 Å². The van der Waals surface area contributed by atoms with Crippen LogP contribution in [0.15, 0.2) is 5.16 Å². The molecule has 2 fully saturated rings. The summed E-state index contributed by atoms with van der Waals surface area (Å²) in [6.07, 6.45) is 4.60. The summed E-state index contributed by atoms with van der Waals surface area (Å²) < 4.78 is 1.14. The average molecular weight is 169 g/mol. The molecule has 0 amide bonds. The number of quaternary nitrogens is 1. The molecule has 68 valence electrons. The van der Waals surface area contributed by atoms with Crippen molar-refractivity contribution in [3.05, 3.63) is 0 Å². The molecule has 2 atom stereocenters. The Balaban J connectivity index is 2.22. The first kappa shape index (κ1) is 8.05. The van der Waals surface area contributed by atoms with Gasteiger partial charge in [0.15, 0.2) is 0 Å². The van der Waals surface area contributed by atoms with Gasteiger partial charge in [-0.25, -0.2) is 0 Å². The lowest BCUT2D eigenvalue weighted by Gasteiger charge is -2.41. The van der Waals surface area contributed by atoms with Crippen LogP contribution < -0.4 is 0 Å². The number of hydrogen-bond donors (Lipinski definition) is 1. The lowest BCUT2D eigenvalue weighted by Crippen LogP contribution is -2.54. The zero-order chi connectivity index (χ0) is 8.77. The van der Waals surface area contributed by atoms with Crippen molar-refractivity contribution >= 4 is 5.71 Å². The maximum absolute atomic E-state index is 8.71. The van der Waals surface area contributed by atoms with Gasteiger partial charge in [0.25, 0.3) is 0 Å². The van der Waals surface area contributed by atoms with Crippen molar-refractivity contribution < 1.29 is 9.69 Å². The second-order valence-electron chi connectivity index (χ2n) is 4.59. The van der Waals surface area contributed by atoms with Crippen molar-refractivity contribution in [1.29, 1.82) is 0 Å². The summed E-state index contributed by atoms with van der Waals surface area (Å²) in [5.74, 6) is 0. The lowest BCUT2D eigenvalue weighted by atomic mass is 9.99. The number of oxime groups is 1. The lowest BCUT2D eigenvalue weighted by molar-refractivity contribution is -0.926. The largest absolute Gasteiger partial charge is 0.411 e. The van der Waals surface area contributed by atoms with E-state index in [1.165, 1.54) is 12.8 Å². The van der Waals surface area contributed by atoms with Crippen molar-refractivity contribution in [2.24, 2.45) is 5.16 Å². The first-order chi connectivity index (χ1) is 5.64. The maximum Gasteiger partial charge on any atom is 0.0944 e. The van der Waals surface area contributed by atoms with Gasteiger partial charge in [0, 0.05) is 25.7 Å². The van der Waals surface area contributed by atoms with Gasteiger partial charge in [0.05, 0.1) is 31.9 Å². The summed E-state index contributed by atoms with van der Waals surface area (Å²) in [6, 6.07) is 1.41. The number of piperidine rings is 1. The molecule has 0 aromatic heterocycles. The van der Waals surface area contributed by atoms with Gasteiger partial charge in [-0.1, -0.05) is 5.16 Å². The molecule has 3 heteroatoms. The predicted octanol–water partition coefficient (Wildman–Crippen LogP) is 1.22. The summed E-state index contributed by atoms with van der Waals surface area (Å²) in [5, 5.41) is 12.1. The third-order valence-electron chi connectivity index (χ3n) is 3.80. The monoisotopic (exact) mass is 169 g/mol. The summed E-state index contributed by atoms with van der Waals surface area (Å²) in [7, 11) is 4.60. The van der Waals surface area contributed by atoms with Crippen molar-refractivity contribution in [1.82, 2.24) is 0 Å². The summed E-state index contributed by atoms with van der Waals surface area (Å²) >= 11 is 0. The molecule has 0 aromatic rings. The van der Waals surface area contributed by atoms with Gasteiger partial charge in [-0.15, -0.1) is 0 Å². The third kappa shape index (κ3) is 0.959. The highest BCUT2D eigenvalue weighted by atomic mass is 16.4. The Morgan fingerprint density at radius 1 is 1.25 bits per heavy atom. The molecule has 2 heterocycles. The molecule has 0 spiro atoms. The fraction of sp³-hybridized carbons (Fsp3) is 0.889. The van der Waals surface area contributed by atoms with Crippen LogP contribution in [-0.2, 0) is 0 Å². The quantitative estimate of drug-likeness (QED) is 0.330. The Kier molecular flexibility index (Phi) is 1.65. The van der Waals surface area contributed by atoms with E-state index >= 15 is 0 Å². The van der Waals surface area contributed by atoms with E-state index in [1.54, 1.807) is 0 Å². The number of nitrogens with zero attached hydrogens (tertiary/aromatic N) is 2. The zero-order valence-corrected chi connectivity index (χ0v) is 7.82. The van der Waals surface area contributed by atoms with E-state index < -0.39 is 0 Å². The standard InChI is InChI=1S/C9H16N2O/c1-11(2)8-3-4-9(11)6-7(5-8)10-12/h8-9H,3-6H2,1-2H3/p+1/t8-,9+. The van der Waals surface area contributed by atoms with E-state index in [0.717, 1.165) is 23.0 Å². The molecule has 1 N–H and O–H groups in total. The van der Waals surface area contributed by atoms with Crippen LogP contribution >= 0.6 is 0 Å². The van der Waals surface area contributed by atoms with Crippen LogP contribution in [0.3, 0.4) is 0 Å². The second kappa shape index (κ2) is 2.46. The third-order valence-corrected chi connectivity index (χ3v) is 3.80. The molecular formula is C9H17N2O+. The molecule has 0 saturated carbocycles. The molecule has 2 aliphatic rings. The molecule has 0 unspecified atom stereocenters. The van der Waals surface area contributed by atoms with E-state index in [0.29, 0.717) is 12.1 Å². The number of rotatable bonds is 0. The van der Waals surface area contributed by atoms with Gasteiger partial charge in [0.1, 0.15) is 0 Å². The van der Waals surface area contributed by atoms with Crippen LogP contribution in [0.1, 0.15) is 25.7 Å². The van der Waals surface area contributed by atoms with E-state index in [1.807, 2.05) is 0 Å². The molecular weight excluding hydrogens is 152 g/mol. The van der Waals surface area contributed by atoms with E-state index in [2.05, 4.69) is 19.3 Å². The molecule has 3 nitrogen and oxygen atoms in total. The minimum Gasteiger partial charge on any atom is -0.411 e. The molecule has 0 aromatic carbocycles. The molecule has 2 aliphatic heterocycles. The zero-order valence-electron chi connectivity index (χ0n) is 7.82. The molecule has 2 saturated heterocycles. The van der Waals surface area contributed by atoms with Crippen LogP contribution in [-0.4, -0.2) is 41.6 Å². The smallest absolute Gasteiger partial charge is 0.0944 e. The average Bonchev–Trinajstić information content (AvgIpc) is 2.29. The van der Waals surface area contributed by atoms with Gasteiger partial charge in [-0.05, 0) is 0 Å². The fourth-order valence-corrected chi connectivity index (χ4v) is 2.73. The van der Waals surface area contributed by atoms with E-state index in [9.17, 15) is 0 Å². The molecule has 0 radical (unpaired) electrons. The SMILES string of the molecule is C[N+]1(C)[C@@H]2CC[C@H]1CC(=NO)C2. The maximum atomic E-state index is 8.71. The summed E-state index contributed by atoms with van der Waals surface area (Å²) in [5.41, 5.74) is 1.01. The highest BCUT2D eigenvalue weighted by Gasteiger charge is 2.47. The second-order valence-corrected chi connectivity index (χ2v) is 4.59. The molecule has 2 bridgehead atoms. The fourth-order valence-electron chi connectivity index (χ4n) is 2.73. The van der Waals surface area contributed by atoms with Crippen LogP contribution in [0, 0.1) is 0 Å². The minimum absolute atomic E-state index is 0.703. The molecule has 2 rings (SSSR count). The topological polar surface area (TPSA) is 32.6 Å². The van der Waals surface area contributed by atoms with Gasteiger partial charge < -0.3 is 9.69 Å². The van der Waals surface area contributed by atoms with Crippen LogP contribution in [0.25, 0.3) is 0 Å². The first-order valence-corrected chi connectivity index (χ1v) is 4.67. The minimum atomic E-state index is 0.703. The van der Waals surface area contributed by atoms with Gasteiger partial charge in [-0.3, -0.25) is 0 Å². The predicted molar refractivity (Wildman–Crippen MR) is 47.4 cm³/mol. The molecule has 0 aliphatic carbocycles. The van der Waals surface area contributed by atoms with Crippen molar-refractivity contribution in [2.75, 3.05) is 14.1 Å². The van der Waals surface area contributed by atoms with Crippen molar-refractivity contribution in [2.45, 2.75) is 37.8 Å². The Labute approximate surface area is 73.3 Å². The highest BCUT2D eigenvalue weighted by Crippen LogP contribution is 2.38. The number of hydrogen-bond acceptors (Lipinski definition) is 2. The van der Waals surface area contributed by atoms with Gasteiger partial charge in [-0.2, -0.15) is 0 Å². The molecule has 12 heavy (non-hydrogen) atoms. The van der Waals surface area contributed by atoms with Gasteiger partial charge >= 0.3 is 0 Å². The van der Waals surface area contributed by atoms with Crippen molar-refractivity contribution in [3.63, 3.8) is 0 Å². The summed E-state index contributed by atoms with van der Waals surface area (Å²) in [4.78, 5) is 0. The normalized spacial score (nSPS) is 42.0. The van der Waals surface area contributed by atoms with E-state index in [-0.39, 0.29) is 0 Å². The van der Waals surface area contributed by atoms with Crippen molar-refractivity contribution in [3.8, 4) is 0 Å². The Hall–Kier alpha value is -0.570. The highest BCUT2D eigenvalue weighted by molar-refractivity contribution is 5.85. The van der Waals surface area contributed by atoms with Crippen LogP contribution in [0.2, 0.25) is 0 Å². The van der Waals surface area contributed by atoms with Crippen LogP contribution in [0.5, 0.6) is 0 Å². The first-order valence-electron chi connectivity index (χ1n) is 4.67.